The van der Waals surface area contributed by atoms with Crippen molar-refractivity contribution in [3.63, 3.8) is 0 Å². The predicted octanol–water partition coefficient (Wildman–Crippen LogP) is 2.52. The van der Waals surface area contributed by atoms with Crippen LogP contribution in [0.25, 0.3) is 0 Å². The van der Waals surface area contributed by atoms with E-state index in [1.54, 1.807) is 11.3 Å². The molecule has 0 bridgehead atoms. The summed E-state index contributed by atoms with van der Waals surface area (Å²) in [5, 5.41) is 12.7. The fourth-order valence-electron chi connectivity index (χ4n) is 3.34. The molecular weight excluding hydrogens is 258 g/mol. The van der Waals surface area contributed by atoms with Gasteiger partial charge in [-0.2, -0.15) is 0 Å². The fourth-order valence-corrected chi connectivity index (χ4v) is 4.50. The van der Waals surface area contributed by atoms with Crippen molar-refractivity contribution >= 4 is 17.2 Å². The maximum Gasteiger partial charge on any atom is 0.261 e. The molecule has 19 heavy (non-hydrogen) atoms. The maximum absolute atomic E-state index is 12.3. The Morgan fingerprint density at radius 1 is 1.53 bits per heavy atom. The van der Waals surface area contributed by atoms with Crippen molar-refractivity contribution in [3.05, 3.63) is 21.4 Å². The van der Waals surface area contributed by atoms with Crippen LogP contribution in [0.5, 0.6) is 0 Å². The van der Waals surface area contributed by atoms with Crippen LogP contribution in [0.4, 0.5) is 0 Å². The molecule has 0 saturated heterocycles. The number of aliphatic hydroxyl groups is 1. The van der Waals surface area contributed by atoms with E-state index >= 15 is 0 Å². The van der Waals surface area contributed by atoms with Gasteiger partial charge in [-0.3, -0.25) is 4.79 Å². The zero-order chi connectivity index (χ0) is 13.5. The van der Waals surface area contributed by atoms with Gasteiger partial charge in [0.2, 0.25) is 0 Å². The molecule has 0 aromatic carbocycles. The van der Waals surface area contributed by atoms with Crippen molar-refractivity contribution in [1.82, 2.24) is 5.32 Å². The standard InChI is InChI=1S/C15H21NO2S/c1-15(9-17)7-3-6-13(15)16-14(18)12-8-10-4-2-5-11(10)19-12/h8,13,17H,2-7,9H2,1H3,(H,16,18). The minimum atomic E-state index is -0.143. The highest BCUT2D eigenvalue weighted by Gasteiger charge is 2.39. The Hall–Kier alpha value is -0.870. The van der Waals surface area contributed by atoms with Gasteiger partial charge >= 0.3 is 0 Å². The quantitative estimate of drug-likeness (QED) is 0.893. The third kappa shape index (κ3) is 2.32. The molecule has 104 valence electrons. The first-order chi connectivity index (χ1) is 9.12. The molecule has 2 aliphatic rings. The summed E-state index contributed by atoms with van der Waals surface area (Å²) in [5.74, 6) is 0.0472. The summed E-state index contributed by atoms with van der Waals surface area (Å²) in [6.07, 6.45) is 6.54. The fraction of sp³-hybridized carbons (Fsp3) is 0.667. The molecule has 1 saturated carbocycles. The van der Waals surface area contributed by atoms with E-state index in [1.807, 2.05) is 0 Å². The highest BCUT2D eigenvalue weighted by molar-refractivity contribution is 7.14. The monoisotopic (exact) mass is 279 g/mol. The molecule has 2 atom stereocenters. The summed E-state index contributed by atoms with van der Waals surface area (Å²) < 4.78 is 0. The maximum atomic E-state index is 12.3. The smallest absolute Gasteiger partial charge is 0.261 e. The minimum absolute atomic E-state index is 0.0472. The van der Waals surface area contributed by atoms with Gasteiger partial charge in [0.1, 0.15) is 0 Å². The summed E-state index contributed by atoms with van der Waals surface area (Å²) in [6.45, 7) is 2.22. The Morgan fingerprint density at radius 3 is 3.11 bits per heavy atom. The second kappa shape index (κ2) is 4.91. The van der Waals surface area contributed by atoms with Gasteiger partial charge in [-0.15, -0.1) is 11.3 Å². The second-order valence-electron chi connectivity index (χ2n) is 6.14. The normalized spacial score (nSPS) is 29.5. The number of amides is 1. The van der Waals surface area contributed by atoms with Gasteiger partial charge in [-0.25, -0.2) is 0 Å². The van der Waals surface area contributed by atoms with Crippen molar-refractivity contribution in [3.8, 4) is 0 Å². The Kier molecular flexibility index (Phi) is 3.39. The molecule has 1 amide bonds. The number of aryl methyl sites for hydroxylation is 2. The molecule has 0 aliphatic heterocycles. The van der Waals surface area contributed by atoms with Gasteiger partial charge in [0, 0.05) is 16.3 Å². The van der Waals surface area contributed by atoms with Crippen molar-refractivity contribution in [2.45, 2.75) is 51.5 Å². The van der Waals surface area contributed by atoms with E-state index in [0.717, 1.165) is 37.0 Å². The van der Waals surface area contributed by atoms with Crippen LogP contribution in [0, 0.1) is 5.41 Å². The van der Waals surface area contributed by atoms with E-state index in [-0.39, 0.29) is 24.0 Å². The molecule has 1 aromatic rings. The first-order valence-corrected chi connectivity index (χ1v) is 7.97. The Labute approximate surface area is 118 Å². The van der Waals surface area contributed by atoms with Crippen LogP contribution in [0.3, 0.4) is 0 Å². The topological polar surface area (TPSA) is 49.3 Å². The Morgan fingerprint density at radius 2 is 2.37 bits per heavy atom. The van der Waals surface area contributed by atoms with Gasteiger partial charge in [-0.05, 0) is 43.7 Å². The molecule has 3 nitrogen and oxygen atoms in total. The van der Waals surface area contributed by atoms with E-state index < -0.39 is 0 Å². The minimum Gasteiger partial charge on any atom is -0.396 e. The van der Waals surface area contributed by atoms with Crippen LogP contribution >= 0.6 is 11.3 Å². The van der Waals surface area contributed by atoms with Crippen LogP contribution in [0.2, 0.25) is 0 Å². The molecule has 4 heteroatoms. The predicted molar refractivity (Wildman–Crippen MR) is 76.6 cm³/mol. The lowest BCUT2D eigenvalue weighted by atomic mass is 9.86. The number of rotatable bonds is 3. The third-order valence-electron chi connectivity index (χ3n) is 4.72. The largest absolute Gasteiger partial charge is 0.396 e. The Bertz CT molecular complexity index is 475. The number of aliphatic hydroxyl groups excluding tert-OH is 1. The number of fused-ring (bicyclic) bond motifs is 1. The number of nitrogens with one attached hydrogen (secondary N) is 1. The molecule has 1 fully saturated rings. The van der Waals surface area contributed by atoms with Crippen LogP contribution in [-0.2, 0) is 12.8 Å². The lowest BCUT2D eigenvalue weighted by molar-refractivity contribution is 0.0834. The van der Waals surface area contributed by atoms with Gasteiger partial charge in [0.15, 0.2) is 0 Å². The first-order valence-electron chi connectivity index (χ1n) is 7.16. The van der Waals surface area contributed by atoms with Crippen molar-refractivity contribution in [1.29, 1.82) is 0 Å². The average Bonchev–Trinajstić information content (AvgIpc) is 3.04. The Balaban J connectivity index is 1.71. The SMILES string of the molecule is CC1(CO)CCCC1NC(=O)c1cc2c(s1)CCC2. The lowest BCUT2D eigenvalue weighted by Crippen LogP contribution is -2.44. The highest BCUT2D eigenvalue weighted by atomic mass is 32.1. The van der Waals surface area contributed by atoms with Crippen LogP contribution < -0.4 is 5.32 Å². The summed E-state index contributed by atoms with van der Waals surface area (Å²) in [7, 11) is 0. The van der Waals surface area contributed by atoms with Gasteiger partial charge in [0.25, 0.3) is 5.91 Å². The van der Waals surface area contributed by atoms with E-state index in [4.69, 9.17) is 0 Å². The third-order valence-corrected chi connectivity index (χ3v) is 5.95. The van der Waals surface area contributed by atoms with Gasteiger partial charge < -0.3 is 10.4 Å². The van der Waals surface area contributed by atoms with Crippen LogP contribution in [0.15, 0.2) is 6.07 Å². The summed E-state index contributed by atoms with van der Waals surface area (Å²) in [6, 6.07) is 2.18. The van der Waals surface area contributed by atoms with E-state index in [2.05, 4.69) is 18.3 Å². The number of thiophene rings is 1. The number of hydrogen-bond acceptors (Lipinski definition) is 3. The lowest BCUT2D eigenvalue weighted by Gasteiger charge is -2.29. The van der Waals surface area contributed by atoms with Gasteiger partial charge in [0.05, 0.1) is 11.5 Å². The molecule has 2 N–H and O–H groups in total. The van der Waals surface area contributed by atoms with E-state index in [9.17, 15) is 9.90 Å². The summed E-state index contributed by atoms with van der Waals surface area (Å²) in [4.78, 5) is 14.6. The molecule has 2 aliphatic carbocycles. The van der Waals surface area contributed by atoms with E-state index in [0.29, 0.717) is 0 Å². The highest BCUT2D eigenvalue weighted by Crippen LogP contribution is 2.38. The van der Waals surface area contributed by atoms with Crippen molar-refractivity contribution in [2.75, 3.05) is 6.61 Å². The number of carbonyl (C=O) groups excluding carboxylic acids is 1. The summed E-state index contributed by atoms with van der Waals surface area (Å²) in [5.41, 5.74) is 1.22. The summed E-state index contributed by atoms with van der Waals surface area (Å²) >= 11 is 1.65. The molecule has 0 spiro atoms. The molecular formula is C15H21NO2S. The molecule has 0 radical (unpaired) electrons. The number of hydrogen-bond donors (Lipinski definition) is 2. The zero-order valence-corrected chi connectivity index (χ0v) is 12.2. The molecule has 3 rings (SSSR count). The number of carbonyl (C=O) groups is 1. The molecule has 1 aromatic heterocycles. The zero-order valence-electron chi connectivity index (χ0n) is 11.4. The average molecular weight is 279 g/mol. The van der Waals surface area contributed by atoms with Crippen LogP contribution in [-0.4, -0.2) is 23.7 Å². The molecule has 2 unspecified atom stereocenters. The van der Waals surface area contributed by atoms with Crippen molar-refractivity contribution in [2.24, 2.45) is 5.41 Å². The van der Waals surface area contributed by atoms with E-state index in [1.165, 1.54) is 16.9 Å². The first kappa shape index (κ1) is 13.1. The van der Waals surface area contributed by atoms with Crippen LogP contribution in [0.1, 0.15) is 52.7 Å². The second-order valence-corrected chi connectivity index (χ2v) is 7.28. The van der Waals surface area contributed by atoms with Crippen molar-refractivity contribution < 1.29 is 9.90 Å². The van der Waals surface area contributed by atoms with Gasteiger partial charge in [-0.1, -0.05) is 13.3 Å². The molecule has 1 heterocycles.